The van der Waals surface area contributed by atoms with Crippen LogP contribution in [0, 0.1) is 5.92 Å². The summed E-state index contributed by atoms with van der Waals surface area (Å²) in [5.74, 6) is -1.70. The van der Waals surface area contributed by atoms with Crippen molar-refractivity contribution in [3.63, 3.8) is 0 Å². The molecule has 0 aromatic heterocycles. The van der Waals surface area contributed by atoms with Gasteiger partial charge < -0.3 is 21.5 Å². The first-order valence-electron chi connectivity index (χ1n) is 5.96. The van der Waals surface area contributed by atoms with Crippen molar-refractivity contribution in [2.75, 3.05) is 6.54 Å². The molecule has 0 aromatic carbocycles. The summed E-state index contributed by atoms with van der Waals surface area (Å²) >= 11 is 0. The summed E-state index contributed by atoms with van der Waals surface area (Å²) in [5.41, 5.74) is 4.90. The Hall–Kier alpha value is -1.79. The molecule has 0 aromatic rings. The number of hydrogen-bond donors (Lipinski definition) is 4. The second-order valence-corrected chi connectivity index (χ2v) is 4.10. The van der Waals surface area contributed by atoms with Crippen molar-refractivity contribution in [1.82, 2.24) is 10.6 Å². The van der Waals surface area contributed by atoms with Crippen LogP contribution in [0.15, 0.2) is 0 Å². The van der Waals surface area contributed by atoms with Gasteiger partial charge in [-0.1, -0.05) is 26.7 Å². The van der Waals surface area contributed by atoms with E-state index in [0.717, 1.165) is 12.8 Å². The molecular weight excluding hydrogens is 238 g/mol. The quantitative estimate of drug-likeness (QED) is 0.492. The fourth-order valence-electron chi connectivity index (χ4n) is 1.42. The van der Waals surface area contributed by atoms with Crippen LogP contribution in [0.1, 0.15) is 33.1 Å². The third-order valence-electron chi connectivity index (χ3n) is 2.71. The molecule has 0 heterocycles. The van der Waals surface area contributed by atoms with Gasteiger partial charge in [-0.15, -0.1) is 0 Å². The van der Waals surface area contributed by atoms with Gasteiger partial charge >= 0.3 is 12.0 Å². The first-order valence-corrected chi connectivity index (χ1v) is 5.96. The summed E-state index contributed by atoms with van der Waals surface area (Å²) in [4.78, 5) is 32.9. The molecule has 5 N–H and O–H groups in total. The average molecular weight is 259 g/mol. The molecule has 0 spiro atoms. The maximum atomic E-state index is 11.4. The van der Waals surface area contributed by atoms with Crippen LogP contribution >= 0.6 is 0 Å². The van der Waals surface area contributed by atoms with E-state index < -0.39 is 30.4 Å². The van der Waals surface area contributed by atoms with Gasteiger partial charge in [-0.3, -0.25) is 4.79 Å². The minimum absolute atomic E-state index is 0.357. The van der Waals surface area contributed by atoms with Crippen LogP contribution in [0.3, 0.4) is 0 Å². The van der Waals surface area contributed by atoms with Gasteiger partial charge in [-0.05, 0) is 5.92 Å². The number of carbonyl (C=O) groups is 3. The molecule has 3 amide bonds. The Balaban J connectivity index is 4.17. The summed E-state index contributed by atoms with van der Waals surface area (Å²) in [5, 5.41) is 13.6. The van der Waals surface area contributed by atoms with Gasteiger partial charge in [-0.25, -0.2) is 9.59 Å². The molecule has 0 bridgehead atoms. The number of aliphatic carboxylic acids is 1. The van der Waals surface area contributed by atoms with Gasteiger partial charge in [0.1, 0.15) is 6.04 Å². The molecule has 0 saturated carbocycles. The zero-order valence-electron chi connectivity index (χ0n) is 10.7. The topological polar surface area (TPSA) is 122 Å². The monoisotopic (exact) mass is 259 g/mol. The number of primary amides is 1. The lowest BCUT2D eigenvalue weighted by molar-refractivity contribution is -0.140. The van der Waals surface area contributed by atoms with Crippen molar-refractivity contribution in [2.45, 2.75) is 39.2 Å². The normalized spacial score (nSPS) is 11.9. The Kier molecular flexibility index (Phi) is 7.50. The fourth-order valence-corrected chi connectivity index (χ4v) is 1.42. The molecule has 1 atom stereocenters. The number of nitrogens with two attached hydrogens (primary N) is 1. The van der Waals surface area contributed by atoms with Gasteiger partial charge in [0.15, 0.2) is 0 Å². The average Bonchev–Trinajstić information content (AvgIpc) is 2.28. The molecule has 0 rings (SSSR count). The maximum Gasteiger partial charge on any atom is 0.326 e. The van der Waals surface area contributed by atoms with Crippen molar-refractivity contribution >= 4 is 17.9 Å². The SMILES string of the molecule is CCC(CC)CNC(=O)N[C@@H](CC(N)=O)C(=O)O. The minimum Gasteiger partial charge on any atom is -0.480 e. The number of rotatable bonds is 8. The van der Waals surface area contributed by atoms with Gasteiger partial charge in [0.25, 0.3) is 0 Å². The highest BCUT2D eigenvalue weighted by molar-refractivity contribution is 5.87. The Bertz CT molecular complexity index is 303. The van der Waals surface area contributed by atoms with Crippen molar-refractivity contribution in [3.8, 4) is 0 Å². The molecule has 0 aliphatic heterocycles. The molecule has 7 nitrogen and oxygen atoms in total. The van der Waals surface area contributed by atoms with Crippen LogP contribution < -0.4 is 16.4 Å². The predicted octanol–water partition coefficient (Wildman–Crippen LogP) is 0.0504. The Morgan fingerprint density at radius 3 is 2.17 bits per heavy atom. The van der Waals surface area contributed by atoms with Crippen LogP contribution in [0.5, 0.6) is 0 Å². The third kappa shape index (κ3) is 6.72. The van der Waals surface area contributed by atoms with E-state index in [0.29, 0.717) is 12.5 Å². The lowest BCUT2D eigenvalue weighted by Crippen LogP contribution is -2.48. The molecule has 0 saturated heterocycles. The van der Waals surface area contributed by atoms with Crippen LogP contribution in [-0.4, -0.2) is 35.6 Å². The van der Waals surface area contributed by atoms with Gasteiger partial charge in [-0.2, -0.15) is 0 Å². The highest BCUT2D eigenvalue weighted by atomic mass is 16.4. The lowest BCUT2D eigenvalue weighted by Gasteiger charge is -2.16. The number of carbonyl (C=O) groups excluding carboxylic acids is 2. The van der Waals surface area contributed by atoms with Crippen molar-refractivity contribution in [2.24, 2.45) is 11.7 Å². The molecule has 18 heavy (non-hydrogen) atoms. The molecular formula is C11H21N3O4. The van der Waals surface area contributed by atoms with E-state index in [2.05, 4.69) is 10.6 Å². The molecule has 7 heteroatoms. The molecule has 0 aliphatic rings. The first-order chi connectivity index (χ1) is 8.40. The number of nitrogens with one attached hydrogen (secondary N) is 2. The second kappa shape index (κ2) is 8.32. The summed E-state index contributed by atoms with van der Waals surface area (Å²) in [7, 11) is 0. The van der Waals surface area contributed by atoms with E-state index in [4.69, 9.17) is 10.8 Å². The second-order valence-electron chi connectivity index (χ2n) is 4.10. The van der Waals surface area contributed by atoms with E-state index in [9.17, 15) is 14.4 Å². The molecule has 0 fully saturated rings. The van der Waals surface area contributed by atoms with E-state index in [1.165, 1.54) is 0 Å². The summed E-state index contributed by atoms with van der Waals surface area (Å²) < 4.78 is 0. The Morgan fingerprint density at radius 1 is 1.22 bits per heavy atom. The molecule has 0 radical (unpaired) electrons. The number of amides is 3. The highest BCUT2D eigenvalue weighted by Gasteiger charge is 2.22. The van der Waals surface area contributed by atoms with Crippen molar-refractivity contribution < 1.29 is 19.5 Å². The lowest BCUT2D eigenvalue weighted by atomic mass is 10.0. The Morgan fingerprint density at radius 2 is 1.78 bits per heavy atom. The van der Waals surface area contributed by atoms with Crippen LogP contribution in [0.25, 0.3) is 0 Å². The first kappa shape index (κ1) is 16.2. The smallest absolute Gasteiger partial charge is 0.326 e. The minimum atomic E-state index is -1.29. The predicted molar refractivity (Wildman–Crippen MR) is 65.8 cm³/mol. The molecule has 0 unspecified atom stereocenters. The van der Waals surface area contributed by atoms with Gasteiger partial charge in [0, 0.05) is 6.54 Å². The van der Waals surface area contributed by atoms with Crippen LogP contribution in [0.2, 0.25) is 0 Å². The van der Waals surface area contributed by atoms with E-state index in [1.54, 1.807) is 0 Å². The largest absolute Gasteiger partial charge is 0.480 e. The zero-order chi connectivity index (χ0) is 14.1. The van der Waals surface area contributed by atoms with Crippen molar-refractivity contribution in [3.05, 3.63) is 0 Å². The number of carboxylic acids is 1. The summed E-state index contributed by atoms with van der Waals surface area (Å²) in [6, 6.07) is -1.89. The van der Waals surface area contributed by atoms with Crippen LogP contribution in [-0.2, 0) is 9.59 Å². The number of hydrogen-bond acceptors (Lipinski definition) is 3. The third-order valence-corrected chi connectivity index (χ3v) is 2.71. The van der Waals surface area contributed by atoms with E-state index >= 15 is 0 Å². The number of carboxylic acid groups (broad SMARTS) is 1. The van der Waals surface area contributed by atoms with Crippen LogP contribution in [0.4, 0.5) is 4.79 Å². The summed E-state index contributed by atoms with van der Waals surface area (Å²) in [6.07, 6.45) is 1.44. The molecule has 0 aliphatic carbocycles. The highest BCUT2D eigenvalue weighted by Crippen LogP contribution is 2.04. The summed E-state index contributed by atoms with van der Waals surface area (Å²) in [6.45, 7) is 4.50. The van der Waals surface area contributed by atoms with Crippen molar-refractivity contribution in [1.29, 1.82) is 0 Å². The zero-order valence-corrected chi connectivity index (χ0v) is 10.7. The van der Waals surface area contributed by atoms with Gasteiger partial charge in [0.05, 0.1) is 6.42 Å². The van der Waals surface area contributed by atoms with E-state index in [-0.39, 0.29) is 0 Å². The Labute approximate surface area is 106 Å². The fraction of sp³-hybridized carbons (Fsp3) is 0.727. The van der Waals surface area contributed by atoms with E-state index in [1.807, 2.05) is 13.8 Å². The number of urea groups is 1. The maximum absolute atomic E-state index is 11.4. The standard InChI is InChI=1S/C11H21N3O4/c1-3-7(4-2)6-13-11(18)14-8(10(16)17)5-9(12)15/h7-8H,3-6H2,1-2H3,(H2,12,15)(H,16,17)(H2,13,14,18)/t8-/m0/s1. The van der Waals surface area contributed by atoms with Gasteiger partial charge in [0.2, 0.25) is 5.91 Å². The molecule has 104 valence electrons.